The highest BCUT2D eigenvalue weighted by Gasteiger charge is 2.14. The van der Waals surface area contributed by atoms with E-state index in [1.165, 1.54) is 12.1 Å². The molecule has 0 radical (unpaired) electrons. The zero-order valence-corrected chi connectivity index (χ0v) is 11.7. The third kappa shape index (κ3) is 4.39. The quantitative estimate of drug-likeness (QED) is 0.631. The average molecular weight is 280 g/mol. The van der Waals surface area contributed by atoms with Crippen LogP contribution in [-0.2, 0) is 10.0 Å². The van der Waals surface area contributed by atoms with Crippen molar-refractivity contribution in [1.82, 2.24) is 5.32 Å². The molecule has 102 valence electrons. The summed E-state index contributed by atoms with van der Waals surface area (Å²) in [4.78, 5) is 11.8. The lowest BCUT2D eigenvalue weighted by Gasteiger charge is -2.08. The first-order valence-corrected chi connectivity index (χ1v) is 7.22. The van der Waals surface area contributed by atoms with Crippen molar-refractivity contribution in [3.05, 3.63) is 29.3 Å². The molecule has 0 aliphatic carbocycles. The molecule has 0 atom stereocenters. The van der Waals surface area contributed by atoms with Gasteiger partial charge in [-0.15, -0.1) is 11.8 Å². The van der Waals surface area contributed by atoms with Crippen LogP contribution in [0, 0.1) is 18.8 Å². The third-order valence-corrected chi connectivity index (χ3v) is 3.41. The summed E-state index contributed by atoms with van der Waals surface area (Å²) in [5.41, 5.74) is 0.988. The van der Waals surface area contributed by atoms with Crippen LogP contribution in [0.1, 0.15) is 29.3 Å². The summed E-state index contributed by atoms with van der Waals surface area (Å²) in [6.07, 6.45) is 0.552. The van der Waals surface area contributed by atoms with Gasteiger partial charge in [0.15, 0.2) is 0 Å². The largest absolute Gasteiger partial charge is 0.351 e. The van der Waals surface area contributed by atoms with E-state index in [4.69, 9.17) is 5.14 Å². The van der Waals surface area contributed by atoms with E-state index in [1.807, 2.05) is 0 Å². The van der Waals surface area contributed by atoms with Crippen molar-refractivity contribution in [3.8, 4) is 11.8 Å². The molecule has 1 amide bonds. The van der Waals surface area contributed by atoms with Crippen molar-refractivity contribution in [2.24, 2.45) is 5.14 Å². The van der Waals surface area contributed by atoms with Crippen molar-refractivity contribution in [1.29, 1.82) is 0 Å². The molecule has 0 unspecified atom stereocenters. The summed E-state index contributed by atoms with van der Waals surface area (Å²) in [5, 5.41) is 7.71. The Hall–Kier alpha value is -1.84. The minimum absolute atomic E-state index is 0.0726. The Morgan fingerprint density at radius 1 is 1.42 bits per heavy atom. The van der Waals surface area contributed by atoms with Gasteiger partial charge >= 0.3 is 0 Å². The first-order chi connectivity index (χ1) is 8.86. The molecule has 0 fully saturated rings. The summed E-state index contributed by atoms with van der Waals surface area (Å²) < 4.78 is 22.5. The van der Waals surface area contributed by atoms with Crippen LogP contribution in [-0.4, -0.2) is 20.9 Å². The number of primary sulfonamides is 1. The van der Waals surface area contributed by atoms with Gasteiger partial charge in [0.05, 0.1) is 4.90 Å². The number of aryl methyl sites for hydroxylation is 1. The van der Waals surface area contributed by atoms with E-state index < -0.39 is 10.0 Å². The lowest BCUT2D eigenvalue weighted by Crippen LogP contribution is -2.25. The summed E-state index contributed by atoms with van der Waals surface area (Å²) in [7, 11) is -3.81. The summed E-state index contributed by atoms with van der Waals surface area (Å²) in [6.45, 7) is 3.87. The molecule has 0 saturated carbocycles. The van der Waals surface area contributed by atoms with Crippen LogP contribution in [0.4, 0.5) is 0 Å². The molecule has 0 heterocycles. The van der Waals surface area contributed by atoms with Gasteiger partial charge in [-0.1, -0.05) is 6.07 Å². The fourth-order valence-corrected chi connectivity index (χ4v) is 2.02. The van der Waals surface area contributed by atoms with Crippen molar-refractivity contribution >= 4 is 15.9 Å². The fraction of sp³-hybridized carbons (Fsp3) is 0.308. The highest BCUT2D eigenvalue weighted by atomic mass is 32.2. The van der Waals surface area contributed by atoms with E-state index in [9.17, 15) is 13.2 Å². The summed E-state index contributed by atoms with van der Waals surface area (Å²) >= 11 is 0. The molecule has 0 aliphatic heterocycles. The highest BCUT2D eigenvalue weighted by Crippen LogP contribution is 2.14. The fourth-order valence-electron chi connectivity index (χ4n) is 1.48. The normalized spacial score (nSPS) is 10.5. The number of benzene rings is 1. The predicted octanol–water partition coefficient (Wildman–Crippen LogP) is 0.786. The average Bonchev–Trinajstić information content (AvgIpc) is 2.33. The highest BCUT2D eigenvalue weighted by molar-refractivity contribution is 7.89. The van der Waals surface area contributed by atoms with Gasteiger partial charge in [0.1, 0.15) is 0 Å². The van der Waals surface area contributed by atoms with Gasteiger partial charge in [0.2, 0.25) is 10.0 Å². The number of rotatable bonds is 4. The lowest BCUT2D eigenvalue weighted by molar-refractivity contribution is 0.0953. The first kappa shape index (κ1) is 15.2. The maximum absolute atomic E-state index is 11.9. The van der Waals surface area contributed by atoms with E-state index in [0.29, 0.717) is 24.1 Å². The number of carbonyl (C=O) groups excluding carboxylic acids is 1. The van der Waals surface area contributed by atoms with Crippen LogP contribution in [0.2, 0.25) is 0 Å². The van der Waals surface area contributed by atoms with Crippen molar-refractivity contribution in [2.75, 3.05) is 6.54 Å². The van der Waals surface area contributed by atoms with Gasteiger partial charge < -0.3 is 5.32 Å². The van der Waals surface area contributed by atoms with Gasteiger partial charge in [-0.2, -0.15) is 0 Å². The molecular formula is C13H16N2O3S. The molecule has 0 aromatic heterocycles. The minimum Gasteiger partial charge on any atom is -0.351 e. The molecule has 1 aromatic carbocycles. The Bertz CT molecular complexity index is 640. The van der Waals surface area contributed by atoms with Crippen molar-refractivity contribution < 1.29 is 13.2 Å². The molecule has 1 rings (SSSR count). The Kier molecular flexibility index (Phi) is 5.10. The maximum atomic E-state index is 11.9. The second-order valence-corrected chi connectivity index (χ2v) is 5.52. The Morgan fingerprint density at radius 2 is 2.11 bits per heavy atom. The van der Waals surface area contributed by atoms with Crippen molar-refractivity contribution in [2.45, 2.75) is 25.2 Å². The molecule has 0 saturated heterocycles. The maximum Gasteiger partial charge on any atom is 0.251 e. The number of nitrogens with one attached hydrogen (secondary N) is 1. The van der Waals surface area contributed by atoms with E-state index in [0.717, 1.165) is 0 Å². The zero-order valence-electron chi connectivity index (χ0n) is 10.9. The van der Waals surface area contributed by atoms with Crippen LogP contribution >= 0.6 is 0 Å². The van der Waals surface area contributed by atoms with E-state index >= 15 is 0 Å². The topological polar surface area (TPSA) is 89.3 Å². The molecule has 0 spiro atoms. The van der Waals surface area contributed by atoms with E-state index in [1.54, 1.807) is 19.9 Å². The van der Waals surface area contributed by atoms with Crippen LogP contribution in [0.5, 0.6) is 0 Å². The standard InChI is InChI=1S/C13H16N2O3S/c1-3-4-5-8-15-13(16)12-9-11(19(14,17)18)7-6-10(12)2/h6-7,9H,5,8H2,1-2H3,(H,15,16)(H2,14,17,18). The first-order valence-electron chi connectivity index (χ1n) is 5.67. The SMILES string of the molecule is CC#CCCNC(=O)c1cc(S(N)(=O)=O)ccc1C. The molecule has 1 aromatic rings. The number of carbonyl (C=O) groups is 1. The molecule has 0 aliphatic rings. The van der Waals surface area contributed by atoms with E-state index in [2.05, 4.69) is 17.2 Å². The van der Waals surface area contributed by atoms with Crippen LogP contribution in [0.3, 0.4) is 0 Å². The van der Waals surface area contributed by atoms with Gasteiger partial charge in [0, 0.05) is 18.5 Å². The molecule has 6 heteroatoms. The number of sulfonamides is 1. The molecular weight excluding hydrogens is 264 g/mol. The van der Waals surface area contributed by atoms with E-state index in [-0.39, 0.29) is 10.8 Å². The number of amides is 1. The van der Waals surface area contributed by atoms with Crippen LogP contribution < -0.4 is 10.5 Å². The number of hydrogen-bond acceptors (Lipinski definition) is 3. The Balaban J connectivity index is 2.92. The Morgan fingerprint density at radius 3 is 2.68 bits per heavy atom. The van der Waals surface area contributed by atoms with Crippen LogP contribution in [0.15, 0.2) is 23.1 Å². The van der Waals surface area contributed by atoms with Crippen LogP contribution in [0.25, 0.3) is 0 Å². The smallest absolute Gasteiger partial charge is 0.251 e. The second kappa shape index (κ2) is 6.36. The number of hydrogen-bond donors (Lipinski definition) is 2. The molecule has 19 heavy (non-hydrogen) atoms. The second-order valence-electron chi connectivity index (χ2n) is 3.95. The third-order valence-electron chi connectivity index (χ3n) is 2.49. The predicted molar refractivity (Wildman–Crippen MR) is 73.0 cm³/mol. The van der Waals surface area contributed by atoms with Gasteiger partial charge in [-0.25, -0.2) is 13.6 Å². The van der Waals surface area contributed by atoms with Gasteiger partial charge in [-0.3, -0.25) is 4.79 Å². The van der Waals surface area contributed by atoms with Gasteiger partial charge in [0.25, 0.3) is 5.91 Å². The minimum atomic E-state index is -3.81. The Labute approximate surface area is 113 Å². The zero-order chi connectivity index (χ0) is 14.5. The number of nitrogens with two attached hydrogens (primary N) is 1. The van der Waals surface area contributed by atoms with Gasteiger partial charge in [-0.05, 0) is 31.5 Å². The molecule has 5 nitrogen and oxygen atoms in total. The molecule has 3 N–H and O–H groups in total. The molecule has 0 bridgehead atoms. The summed E-state index contributed by atoms with van der Waals surface area (Å²) in [5.74, 6) is 5.22. The monoisotopic (exact) mass is 280 g/mol. The lowest BCUT2D eigenvalue weighted by atomic mass is 10.1. The van der Waals surface area contributed by atoms with Crippen molar-refractivity contribution in [3.63, 3.8) is 0 Å². The summed E-state index contributed by atoms with van der Waals surface area (Å²) in [6, 6.07) is 4.22.